The Labute approximate surface area is 138 Å². The summed E-state index contributed by atoms with van der Waals surface area (Å²) in [6, 6.07) is 13.8. The van der Waals surface area contributed by atoms with E-state index in [1.54, 1.807) is 18.9 Å². The van der Waals surface area contributed by atoms with Gasteiger partial charge in [0.1, 0.15) is 5.75 Å². The van der Waals surface area contributed by atoms with Crippen LogP contribution in [-0.2, 0) is 0 Å². The fourth-order valence-corrected chi connectivity index (χ4v) is 3.17. The molecule has 6 heteroatoms. The molecule has 0 bridgehead atoms. The van der Waals surface area contributed by atoms with E-state index in [0.717, 1.165) is 40.3 Å². The van der Waals surface area contributed by atoms with Gasteiger partial charge in [0.2, 0.25) is 0 Å². The molecule has 0 saturated carbocycles. The van der Waals surface area contributed by atoms with Crippen molar-refractivity contribution in [1.29, 1.82) is 0 Å². The van der Waals surface area contributed by atoms with Gasteiger partial charge < -0.3 is 15.4 Å². The number of benzene rings is 2. The minimum Gasteiger partial charge on any atom is -0.497 e. The molecule has 22 heavy (non-hydrogen) atoms. The van der Waals surface area contributed by atoms with Crippen molar-refractivity contribution in [3.63, 3.8) is 0 Å². The van der Waals surface area contributed by atoms with Gasteiger partial charge in [-0.3, -0.25) is 4.99 Å². The van der Waals surface area contributed by atoms with Crippen molar-refractivity contribution >= 4 is 35.0 Å². The van der Waals surface area contributed by atoms with Crippen molar-refractivity contribution in [2.75, 3.05) is 25.5 Å². The number of aliphatic imine (C=N–C) groups is 1. The SMILES string of the molecule is COc1ccc(Sc2ccc(NC3=NCCN3)cc2Cl)cc1. The normalized spacial score (nSPS) is 13.5. The topological polar surface area (TPSA) is 45.6 Å². The zero-order valence-electron chi connectivity index (χ0n) is 12.1. The molecule has 0 amide bonds. The fraction of sp³-hybridized carbons (Fsp3) is 0.188. The third-order valence-electron chi connectivity index (χ3n) is 3.16. The standard InChI is InChI=1S/C16H16ClN3OS/c1-21-12-3-5-13(6-4-12)22-15-7-2-11(10-14(15)17)20-16-18-8-9-19-16/h2-7,10H,8-9H2,1H3,(H2,18,19,20). The third kappa shape index (κ3) is 3.67. The Kier molecular flexibility index (Phi) is 4.75. The molecule has 0 fully saturated rings. The van der Waals surface area contributed by atoms with Crippen LogP contribution in [0.2, 0.25) is 5.02 Å². The van der Waals surface area contributed by atoms with Gasteiger partial charge in [0.05, 0.1) is 18.7 Å². The second kappa shape index (κ2) is 6.94. The van der Waals surface area contributed by atoms with Crippen LogP contribution in [0.4, 0.5) is 5.69 Å². The summed E-state index contributed by atoms with van der Waals surface area (Å²) < 4.78 is 5.16. The van der Waals surface area contributed by atoms with Gasteiger partial charge in [0.15, 0.2) is 5.96 Å². The van der Waals surface area contributed by atoms with Gasteiger partial charge in [-0.05, 0) is 42.5 Å². The maximum atomic E-state index is 6.38. The van der Waals surface area contributed by atoms with Crippen LogP contribution < -0.4 is 15.4 Å². The predicted molar refractivity (Wildman–Crippen MR) is 92.5 cm³/mol. The number of ether oxygens (including phenoxy) is 1. The molecular formula is C16H16ClN3OS. The van der Waals surface area contributed by atoms with Crippen molar-refractivity contribution in [3.05, 3.63) is 47.5 Å². The van der Waals surface area contributed by atoms with Crippen molar-refractivity contribution in [1.82, 2.24) is 5.32 Å². The number of nitrogens with zero attached hydrogens (tertiary/aromatic N) is 1. The molecule has 1 aliphatic rings. The molecule has 4 nitrogen and oxygen atoms in total. The van der Waals surface area contributed by atoms with E-state index < -0.39 is 0 Å². The molecule has 0 aliphatic carbocycles. The van der Waals surface area contributed by atoms with Crippen LogP contribution in [0, 0.1) is 0 Å². The van der Waals surface area contributed by atoms with E-state index in [2.05, 4.69) is 15.6 Å². The second-order valence-corrected chi connectivity index (χ2v) is 6.23. The number of methoxy groups -OCH3 is 1. The molecule has 0 spiro atoms. The molecule has 0 radical (unpaired) electrons. The van der Waals surface area contributed by atoms with E-state index in [9.17, 15) is 0 Å². The summed E-state index contributed by atoms with van der Waals surface area (Å²) in [6.07, 6.45) is 0. The van der Waals surface area contributed by atoms with Crippen LogP contribution in [0.25, 0.3) is 0 Å². The van der Waals surface area contributed by atoms with Crippen LogP contribution in [-0.4, -0.2) is 26.2 Å². The first-order chi connectivity index (χ1) is 10.7. The summed E-state index contributed by atoms with van der Waals surface area (Å²) in [5.41, 5.74) is 0.928. The summed E-state index contributed by atoms with van der Waals surface area (Å²) in [4.78, 5) is 6.43. The van der Waals surface area contributed by atoms with E-state index >= 15 is 0 Å². The highest BCUT2D eigenvalue weighted by atomic mass is 35.5. The summed E-state index contributed by atoms with van der Waals surface area (Å²) in [5, 5.41) is 7.10. The van der Waals surface area contributed by atoms with E-state index in [0.29, 0.717) is 5.02 Å². The van der Waals surface area contributed by atoms with Gasteiger partial charge in [0, 0.05) is 22.0 Å². The lowest BCUT2D eigenvalue weighted by atomic mass is 10.3. The summed E-state index contributed by atoms with van der Waals surface area (Å²) in [5.74, 6) is 1.64. The van der Waals surface area contributed by atoms with Crippen molar-refractivity contribution < 1.29 is 4.74 Å². The maximum Gasteiger partial charge on any atom is 0.195 e. The minimum atomic E-state index is 0.712. The number of hydrogen-bond acceptors (Lipinski definition) is 5. The Morgan fingerprint density at radius 2 is 2.05 bits per heavy atom. The van der Waals surface area contributed by atoms with Crippen LogP contribution in [0.5, 0.6) is 5.75 Å². The van der Waals surface area contributed by atoms with Gasteiger partial charge in [-0.1, -0.05) is 23.4 Å². The van der Waals surface area contributed by atoms with Crippen molar-refractivity contribution in [2.45, 2.75) is 9.79 Å². The number of halogens is 1. The highest BCUT2D eigenvalue weighted by Crippen LogP contribution is 2.35. The second-order valence-electron chi connectivity index (χ2n) is 4.70. The number of rotatable bonds is 4. The van der Waals surface area contributed by atoms with Gasteiger partial charge >= 0.3 is 0 Å². The quantitative estimate of drug-likeness (QED) is 0.891. The van der Waals surface area contributed by atoms with Gasteiger partial charge in [-0.2, -0.15) is 0 Å². The molecule has 0 atom stereocenters. The van der Waals surface area contributed by atoms with Crippen LogP contribution >= 0.6 is 23.4 Å². The minimum absolute atomic E-state index is 0.712. The Balaban J connectivity index is 1.71. The molecule has 0 unspecified atom stereocenters. The lowest BCUT2D eigenvalue weighted by Crippen LogP contribution is -2.26. The maximum absolute atomic E-state index is 6.38. The molecule has 3 rings (SSSR count). The van der Waals surface area contributed by atoms with Crippen molar-refractivity contribution in [3.8, 4) is 5.75 Å². The summed E-state index contributed by atoms with van der Waals surface area (Å²) in [6.45, 7) is 1.68. The zero-order chi connectivity index (χ0) is 15.4. The number of hydrogen-bond donors (Lipinski definition) is 2. The molecule has 1 aliphatic heterocycles. The first kappa shape index (κ1) is 15.1. The molecule has 0 saturated heterocycles. The van der Waals surface area contributed by atoms with Gasteiger partial charge in [0.25, 0.3) is 0 Å². The van der Waals surface area contributed by atoms with Gasteiger partial charge in [-0.15, -0.1) is 0 Å². The number of anilines is 1. The monoisotopic (exact) mass is 333 g/mol. The molecule has 0 aromatic heterocycles. The third-order valence-corrected chi connectivity index (χ3v) is 4.66. The Hall–Kier alpha value is -1.85. The van der Waals surface area contributed by atoms with Crippen LogP contribution in [0.15, 0.2) is 57.2 Å². The molecule has 2 N–H and O–H groups in total. The number of guanidine groups is 1. The average molecular weight is 334 g/mol. The fourth-order valence-electron chi connectivity index (χ4n) is 2.05. The highest BCUT2D eigenvalue weighted by Gasteiger charge is 2.08. The van der Waals surface area contributed by atoms with Gasteiger partial charge in [-0.25, -0.2) is 0 Å². The Bertz CT molecular complexity index is 688. The summed E-state index contributed by atoms with van der Waals surface area (Å²) >= 11 is 8.00. The van der Waals surface area contributed by atoms with E-state index in [1.807, 2.05) is 42.5 Å². The van der Waals surface area contributed by atoms with E-state index in [-0.39, 0.29) is 0 Å². The lowest BCUT2D eigenvalue weighted by Gasteiger charge is -2.10. The summed E-state index contributed by atoms with van der Waals surface area (Å²) in [7, 11) is 1.66. The Morgan fingerprint density at radius 3 is 2.68 bits per heavy atom. The molecule has 2 aromatic rings. The van der Waals surface area contributed by atoms with Crippen LogP contribution in [0.3, 0.4) is 0 Å². The zero-order valence-corrected chi connectivity index (χ0v) is 13.7. The lowest BCUT2D eigenvalue weighted by molar-refractivity contribution is 0.414. The molecule has 2 aromatic carbocycles. The molecule has 114 valence electrons. The predicted octanol–water partition coefficient (Wildman–Crippen LogP) is 3.87. The largest absolute Gasteiger partial charge is 0.497 e. The number of nitrogens with one attached hydrogen (secondary N) is 2. The smallest absolute Gasteiger partial charge is 0.195 e. The highest BCUT2D eigenvalue weighted by molar-refractivity contribution is 7.99. The first-order valence-electron chi connectivity index (χ1n) is 6.91. The van der Waals surface area contributed by atoms with Crippen molar-refractivity contribution in [2.24, 2.45) is 4.99 Å². The molecule has 1 heterocycles. The van der Waals surface area contributed by atoms with E-state index in [4.69, 9.17) is 16.3 Å². The van der Waals surface area contributed by atoms with E-state index in [1.165, 1.54) is 0 Å². The first-order valence-corrected chi connectivity index (χ1v) is 8.11. The average Bonchev–Trinajstić information content (AvgIpc) is 3.04. The van der Waals surface area contributed by atoms with Crippen LogP contribution in [0.1, 0.15) is 0 Å². The molecular weight excluding hydrogens is 318 g/mol. The Morgan fingerprint density at radius 1 is 1.23 bits per heavy atom.